The molecule has 0 unspecified atom stereocenters. The predicted octanol–water partition coefficient (Wildman–Crippen LogP) is 10.6. The summed E-state index contributed by atoms with van der Waals surface area (Å²) in [5, 5.41) is 8.12. The molecule has 0 N–H and O–H groups in total. The molecule has 1 nitrogen and oxygen atoms in total. The quantitative estimate of drug-likeness (QED) is 0.207. The van der Waals surface area contributed by atoms with E-state index in [1.165, 1.54) is 21.5 Å². The Morgan fingerprint density at radius 2 is 0.865 bits per heavy atom. The predicted molar refractivity (Wildman–Crippen MR) is 159 cm³/mol. The first-order valence-corrected chi connectivity index (χ1v) is 13.0. The highest BCUT2D eigenvalue weighted by atomic mass is 35.5. The Balaban J connectivity index is 1.63. The van der Waals surface area contributed by atoms with Crippen LogP contribution >= 0.6 is 23.2 Å². The molecule has 6 aromatic carbocycles. The maximum absolute atomic E-state index is 6.59. The number of fused-ring (bicyclic) bond motifs is 3. The Morgan fingerprint density at radius 3 is 1.41 bits per heavy atom. The molecule has 0 aliphatic rings. The van der Waals surface area contributed by atoms with Crippen molar-refractivity contribution >= 4 is 55.5 Å². The normalized spacial score (nSPS) is 11.5. The molecular weight excluding hydrogens is 493 g/mol. The van der Waals surface area contributed by atoms with Crippen molar-refractivity contribution in [2.45, 2.75) is 0 Å². The van der Waals surface area contributed by atoms with Crippen LogP contribution in [-0.4, -0.2) is 4.57 Å². The van der Waals surface area contributed by atoms with Gasteiger partial charge in [-0.1, -0.05) is 114 Å². The van der Waals surface area contributed by atoms with Gasteiger partial charge < -0.3 is 4.57 Å². The summed E-state index contributed by atoms with van der Waals surface area (Å²) in [7, 11) is 0. The van der Waals surface area contributed by atoms with Crippen LogP contribution in [0.3, 0.4) is 0 Å². The number of aromatic nitrogens is 1. The summed E-state index contributed by atoms with van der Waals surface area (Å²) in [5.41, 5.74) is 5.50. The average molecular weight is 514 g/mol. The summed E-state index contributed by atoms with van der Waals surface area (Å²) in [6.07, 6.45) is 0. The van der Waals surface area contributed by atoms with Crippen LogP contribution in [0.15, 0.2) is 127 Å². The minimum atomic E-state index is 0.549. The minimum Gasteiger partial charge on any atom is -0.308 e. The van der Waals surface area contributed by atoms with Crippen LogP contribution in [0.25, 0.3) is 60.5 Å². The molecule has 1 aromatic heterocycles. The van der Waals surface area contributed by atoms with Crippen LogP contribution in [0.5, 0.6) is 0 Å². The smallest absolute Gasteiger partial charge is 0.0614 e. The fourth-order valence-electron chi connectivity index (χ4n) is 5.38. The minimum absolute atomic E-state index is 0.549. The van der Waals surface area contributed by atoms with Crippen molar-refractivity contribution in [2.24, 2.45) is 0 Å². The largest absolute Gasteiger partial charge is 0.308 e. The van der Waals surface area contributed by atoms with E-state index in [-0.39, 0.29) is 0 Å². The Labute approximate surface area is 225 Å². The van der Waals surface area contributed by atoms with E-state index in [9.17, 15) is 0 Å². The van der Waals surface area contributed by atoms with Gasteiger partial charge in [0.25, 0.3) is 0 Å². The molecule has 0 aliphatic heterocycles. The van der Waals surface area contributed by atoms with Gasteiger partial charge in [0.2, 0.25) is 0 Å². The molecule has 37 heavy (non-hydrogen) atoms. The third kappa shape index (κ3) is 3.71. The molecule has 0 saturated carbocycles. The molecule has 0 spiro atoms. The monoisotopic (exact) mass is 513 g/mol. The second-order valence-electron chi connectivity index (χ2n) is 9.31. The molecule has 1 heterocycles. The SMILES string of the molecule is Clc1cc2c(-c3ccccc3)n(-c3ccc4cc5ccccc5cc4c3)c(-c3ccccc3)c2cc1Cl. The maximum Gasteiger partial charge on any atom is 0.0614 e. The summed E-state index contributed by atoms with van der Waals surface area (Å²) in [6, 6.07) is 44.7. The van der Waals surface area contributed by atoms with E-state index in [1.807, 2.05) is 24.3 Å². The van der Waals surface area contributed by atoms with Crippen molar-refractivity contribution in [2.75, 3.05) is 0 Å². The Kier molecular flexibility index (Phi) is 5.28. The van der Waals surface area contributed by atoms with Gasteiger partial charge in [-0.05, 0) is 69.1 Å². The Bertz CT molecular complexity index is 1850. The molecule has 0 fully saturated rings. The lowest BCUT2D eigenvalue weighted by molar-refractivity contribution is 1.11. The molecular formula is C34H21Cl2N. The van der Waals surface area contributed by atoms with E-state index >= 15 is 0 Å². The molecule has 0 amide bonds. The van der Waals surface area contributed by atoms with Crippen molar-refractivity contribution in [3.8, 4) is 28.2 Å². The highest BCUT2D eigenvalue weighted by Gasteiger charge is 2.22. The van der Waals surface area contributed by atoms with Crippen LogP contribution in [0, 0.1) is 0 Å². The van der Waals surface area contributed by atoms with Crippen LogP contribution in [0.2, 0.25) is 10.0 Å². The van der Waals surface area contributed by atoms with Crippen molar-refractivity contribution < 1.29 is 0 Å². The van der Waals surface area contributed by atoms with E-state index < -0.39 is 0 Å². The molecule has 0 saturated heterocycles. The molecule has 0 bridgehead atoms. The summed E-state index contributed by atoms with van der Waals surface area (Å²) in [5.74, 6) is 0. The zero-order chi connectivity index (χ0) is 24.9. The summed E-state index contributed by atoms with van der Waals surface area (Å²) in [6.45, 7) is 0. The summed E-state index contributed by atoms with van der Waals surface area (Å²) in [4.78, 5) is 0. The van der Waals surface area contributed by atoms with E-state index in [4.69, 9.17) is 23.2 Å². The van der Waals surface area contributed by atoms with Gasteiger partial charge in [-0.15, -0.1) is 0 Å². The molecule has 176 valence electrons. The fourth-order valence-corrected chi connectivity index (χ4v) is 5.70. The molecule has 0 atom stereocenters. The number of halogens is 2. The summed E-state index contributed by atoms with van der Waals surface area (Å²) < 4.78 is 2.36. The first kappa shape index (κ1) is 22.2. The number of nitrogens with zero attached hydrogens (tertiary/aromatic N) is 1. The van der Waals surface area contributed by atoms with Gasteiger partial charge in [0, 0.05) is 16.5 Å². The number of hydrogen-bond donors (Lipinski definition) is 0. The number of benzene rings is 6. The number of rotatable bonds is 3. The zero-order valence-corrected chi connectivity index (χ0v) is 21.3. The van der Waals surface area contributed by atoms with Crippen molar-refractivity contribution in [1.29, 1.82) is 0 Å². The van der Waals surface area contributed by atoms with Gasteiger partial charge in [0.05, 0.1) is 21.4 Å². The topological polar surface area (TPSA) is 4.93 Å². The first-order valence-electron chi connectivity index (χ1n) is 12.2. The lowest BCUT2D eigenvalue weighted by Gasteiger charge is -2.16. The van der Waals surface area contributed by atoms with Gasteiger partial charge >= 0.3 is 0 Å². The van der Waals surface area contributed by atoms with Gasteiger partial charge in [-0.3, -0.25) is 0 Å². The maximum atomic E-state index is 6.59. The zero-order valence-electron chi connectivity index (χ0n) is 19.8. The second-order valence-corrected chi connectivity index (χ2v) is 10.1. The molecule has 7 rings (SSSR count). The van der Waals surface area contributed by atoms with Gasteiger partial charge in [0.1, 0.15) is 0 Å². The van der Waals surface area contributed by atoms with Crippen LogP contribution in [-0.2, 0) is 0 Å². The van der Waals surface area contributed by atoms with Crippen LogP contribution in [0.4, 0.5) is 0 Å². The highest BCUT2D eigenvalue weighted by Crippen LogP contribution is 2.44. The van der Waals surface area contributed by atoms with E-state index in [1.54, 1.807) is 0 Å². The van der Waals surface area contributed by atoms with Crippen LogP contribution < -0.4 is 0 Å². The van der Waals surface area contributed by atoms with Crippen molar-refractivity contribution in [3.63, 3.8) is 0 Å². The molecule has 7 aromatic rings. The Morgan fingerprint density at radius 1 is 0.405 bits per heavy atom. The van der Waals surface area contributed by atoms with E-state index in [2.05, 4.69) is 108 Å². The number of hydrogen-bond acceptors (Lipinski definition) is 0. The molecule has 0 radical (unpaired) electrons. The van der Waals surface area contributed by atoms with Gasteiger partial charge in [-0.25, -0.2) is 0 Å². The third-order valence-electron chi connectivity index (χ3n) is 7.06. The fraction of sp³-hybridized carbons (Fsp3) is 0. The standard InChI is InChI=1S/C34H21Cl2N/c35-31-20-29-30(21-32(31)36)34(23-11-5-2-6-12-23)37(33(29)22-9-3-1-4-10-22)28-16-15-26-17-24-13-7-8-14-25(24)18-27(26)19-28/h1-21H. The van der Waals surface area contributed by atoms with E-state index in [0.29, 0.717) is 10.0 Å². The lowest BCUT2D eigenvalue weighted by atomic mass is 10.0. The average Bonchev–Trinajstić information content (AvgIpc) is 3.26. The van der Waals surface area contributed by atoms with Gasteiger partial charge in [0.15, 0.2) is 0 Å². The van der Waals surface area contributed by atoms with Crippen molar-refractivity contribution in [3.05, 3.63) is 137 Å². The van der Waals surface area contributed by atoms with Gasteiger partial charge in [-0.2, -0.15) is 0 Å². The Hall–Kier alpha value is -4.04. The van der Waals surface area contributed by atoms with Crippen LogP contribution in [0.1, 0.15) is 0 Å². The third-order valence-corrected chi connectivity index (χ3v) is 7.78. The van der Waals surface area contributed by atoms with Crippen molar-refractivity contribution in [1.82, 2.24) is 4.57 Å². The lowest BCUT2D eigenvalue weighted by Crippen LogP contribution is -2.00. The molecule has 3 heteroatoms. The highest BCUT2D eigenvalue weighted by molar-refractivity contribution is 6.43. The second kappa shape index (κ2) is 8.81. The van der Waals surface area contributed by atoms with E-state index in [0.717, 1.165) is 39.0 Å². The molecule has 0 aliphatic carbocycles. The first-order chi connectivity index (χ1) is 18.2. The summed E-state index contributed by atoms with van der Waals surface area (Å²) >= 11 is 13.2.